The van der Waals surface area contributed by atoms with Crippen LogP contribution in [0.25, 0.3) is 0 Å². The van der Waals surface area contributed by atoms with E-state index >= 15 is 0 Å². The highest BCUT2D eigenvalue weighted by atomic mass is 16.5. The number of hydrogen-bond acceptors (Lipinski definition) is 5. The van der Waals surface area contributed by atoms with Crippen molar-refractivity contribution in [2.75, 3.05) is 13.2 Å². The molecular weight excluding hydrogens is 232 g/mol. The lowest BCUT2D eigenvalue weighted by Gasteiger charge is -2.39. The second kappa shape index (κ2) is 7.71. The quantitative estimate of drug-likeness (QED) is 0.698. The van der Waals surface area contributed by atoms with Crippen LogP contribution in [0.5, 0.6) is 0 Å². The minimum Gasteiger partial charge on any atom is -0.466 e. The number of aliphatic hydroxyl groups excluding tert-OH is 1. The normalized spacial score (nSPS) is 26.9. The molecule has 0 bridgehead atoms. The van der Waals surface area contributed by atoms with Crippen molar-refractivity contribution in [1.82, 2.24) is 10.4 Å². The molecule has 0 aromatic heterocycles. The average Bonchev–Trinajstić information content (AvgIpc) is 2.28. The number of piperidine rings is 1. The third kappa shape index (κ3) is 4.92. The molecule has 5 nitrogen and oxygen atoms in total. The Labute approximate surface area is 109 Å². The summed E-state index contributed by atoms with van der Waals surface area (Å²) in [6, 6.07) is 0.951. The van der Waals surface area contributed by atoms with Crippen molar-refractivity contribution in [1.29, 1.82) is 0 Å². The van der Waals surface area contributed by atoms with Gasteiger partial charge in [-0.25, -0.2) is 5.01 Å². The monoisotopic (exact) mass is 258 g/mol. The Bertz CT molecular complexity index is 251. The maximum absolute atomic E-state index is 11.2. The van der Waals surface area contributed by atoms with E-state index in [2.05, 4.69) is 24.3 Å². The van der Waals surface area contributed by atoms with Crippen molar-refractivity contribution in [2.45, 2.75) is 64.6 Å². The molecular formula is C13H26N2O3. The number of hydrogen-bond donors (Lipinski definition) is 2. The van der Waals surface area contributed by atoms with E-state index in [1.807, 2.05) is 0 Å². The minimum atomic E-state index is -0.689. The van der Waals surface area contributed by atoms with Crippen LogP contribution in [0.4, 0.5) is 0 Å². The topological polar surface area (TPSA) is 61.8 Å². The molecule has 0 radical (unpaired) electrons. The molecule has 18 heavy (non-hydrogen) atoms. The van der Waals surface area contributed by atoms with Gasteiger partial charge in [0.05, 0.1) is 19.1 Å². The van der Waals surface area contributed by atoms with Gasteiger partial charge in [-0.3, -0.25) is 10.2 Å². The van der Waals surface area contributed by atoms with E-state index in [1.165, 1.54) is 19.3 Å². The third-order valence-electron chi connectivity index (χ3n) is 3.41. The van der Waals surface area contributed by atoms with Crippen LogP contribution < -0.4 is 5.43 Å². The van der Waals surface area contributed by atoms with E-state index in [0.717, 1.165) is 0 Å². The molecule has 1 rings (SSSR count). The zero-order chi connectivity index (χ0) is 13.5. The highest BCUT2D eigenvalue weighted by Gasteiger charge is 2.25. The summed E-state index contributed by atoms with van der Waals surface area (Å²) in [5.74, 6) is -0.341. The molecule has 0 aliphatic carbocycles. The van der Waals surface area contributed by atoms with Crippen LogP contribution >= 0.6 is 0 Å². The maximum Gasteiger partial charge on any atom is 0.308 e. The number of carbonyl (C=O) groups excluding carboxylic acids is 1. The van der Waals surface area contributed by atoms with Crippen LogP contribution in [-0.2, 0) is 9.53 Å². The summed E-state index contributed by atoms with van der Waals surface area (Å²) in [4.78, 5) is 11.2. The fraction of sp³-hybridized carbons (Fsp3) is 0.923. The molecule has 1 saturated heterocycles. The van der Waals surface area contributed by atoms with Crippen molar-refractivity contribution in [3.8, 4) is 0 Å². The lowest BCUT2D eigenvalue weighted by atomic mass is 10.00. The Morgan fingerprint density at radius 3 is 2.61 bits per heavy atom. The van der Waals surface area contributed by atoms with Crippen molar-refractivity contribution < 1.29 is 14.6 Å². The maximum atomic E-state index is 11.2. The second-order valence-corrected chi connectivity index (χ2v) is 5.06. The molecule has 1 heterocycles. The molecule has 1 aliphatic heterocycles. The predicted octanol–water partition coefficient (Wildman–Crippen LogP) is 1.07. The van der Waals surface area contributed by atoms with Gasteiger partial charge < -0.3 is 9.84 Å². The smallest absolute Gasteiger partial charge is 0.308 e. The first-order valence-corrected chi connectivity index (χ1v) is 6.90. The molecule has 3 unspecified atom stereocenters. The van der Waals surface area contributed by atoms with Gasteiger partial charge in [-0.1, -0.05) is 6.42 Å². The lowest BCUT2D eigenvalue weighted by Crippen LogP contribution is -2.53. The summed E-state index contributed by atoms with van der Waals surface area (Å²) >= 11 is 0. The Morgan fingerprint density at radius 1 is 1.44 bits per heavy atom. The first kappa shape index (κ1) is 15.4. The van der Waals surface area contributed by atoms with Crippen LogP contribution in [0, 0.1) is 0 Å². The summed E-state index contributed by atoms with van der Waals surface area (Å²) in [5.41, 5.74) is 3.24. The predicted molar refractivity (Wildman–Crippen MR) is 69.9 cm³/mol. The van der Waals surface area contributed by atoms with Gasteiger partial charge in [-0.15, -0.1) is 0 Å². The zero-order valence-corrected chi connectivity index (χ0v) is 11.7. The van der Waals surface area contributed by atoms with E-state index in [4.69, 9.17) is 4.74 Å². The van der Waals surface area contributed by atoms with Crippen LogP contribution in [0.3, 0.4) is 0 Å². The molecule has 0 aromatic carbocycles. The van der Waals surface area contributed by atoms with Gasteiger partial charge in [0.1, 0.15) is 0 Å². The van der Waals surface area contributed by atoms with E-state index in [1.54, 1.807) is 6.92 Å². The SMILES string of the molecule is CCOC(=O)CC(O)CNN1C(C)CCCC1C. The molecule has 106 valence electrons. The lowest BCUT2D eigenvalue weighted by molar-refractivity contribution is -0.145. The first-order valence-electron chi connectivity index (χ1n) is 6.90. The molecule has 0 spiro atoms. The van der Waals surface area contributed by atoms with E-state index in [0.29, 0.717) is 25.2 Å². The Hall–Kier alpha value is -0.650. The molecule has 5 heteroatoms. The number of carbonyl (C=O) groups is 1. The highest BCUT2D eigenvalue weighted by Crippen LogP contribution is 2.20. The summed E-state index contributed by atoms with van der Waals surface area (Å²) in [6.07, 6.45) is 2.96. The summed E-state index contributed by atoms with van der Waals surface area (Å²) in [6.45, 7) is 6.88. The van der Waals surface area contributed by atoms with Gasteiger partial charge in [0, 0.05) is 18.6 Å². The van der Waals surface area contributed by atoms with Gasteiger partial charge in [0.2, 0.25) is 0 Å². The van der Waals surface area contributed by atoms with Gasteiger partial charge in [0.15, 0.2) is 0 Å². The minimum absolute atomic E-state index is 0.0530. The van der Waals surface area contributed by atoms with E-state index in [9.17, 15) is 9.90 Å². The molecule has 1 aliphatic rings. The van der Waals surface area contributed by atoms with E-state index in [-0.39, 0.29) is 12.4 Å². The van der Waals surface area contributed by atoms with Gasteiger partial charge in [-0.05, 0) is 33.6 Å². The van der Waals surface area contributed by atoms with Crippen molar-refractivity contribution in [2.24, 2.45) is 0 Å². The summed E-state index contributed by atoms with van der Waals surface area (Å²) < 4.78 is 4.81. The second-order valence-electron chi connectivity index (χ2n) is 5.06. The van der Waals surface area contributed by atoms with Crippen molar-refractivity contribution in [3.05, 3.63) is 0 Å². The largest absolute Gasteiger partial charge is 0.466 e. The highest BCUT2D eigenvalue weighted by molar-refractivity contribution is 5.69. The van der Waals surface area contributed by atoms with Gasteiger partial charge >= 0.3 is 5.97 Å². The molecule has 0 aromatic rings. The van der Waals surface area contributed by atoms with E-state index < -0.39 is 6.10 Å². The summed E-state index contributed by atoms with van der Waals surface area (Å²) in [5, 5.41) is 12.0. The van der Waals surface area contributed by atoms with Crippen LogP contribution in [0.1, 0.15) is 46.5 Å². The van der Waals surface area contributed by atoms with Crippen molar-refractivity contribution in [3.63, 3.8) is 0 Å². The number of rotatable bonds is 6. The van der Waals surface area contributed by atoms with Gasteiger partial charge in [0.25, 0.3) is 0 Å². The fourth-order valence-electron chi connectivity index (χ4n) is 2.43. The summed E-state index contributed by atoms with van der Waals surface area (Å²) in [7, 11) is 0. The van der Waals surface area contributed by atoms with Crippen LogP contribution in [0.2, 0.25) is 0 Å². The molecule has 1 fully saturated rings. The molecule has 3 atom stereocenters. The Balaban J connectivity index is 2.28. The standard InChI is InChI=1S/C13H26N2O3/c1-4-18-13(17)8-12(16)9-14-15-10(2)6-5-7-11(15)3/h10-12,14,16H,4-9H2,1-3H3. The number of aliphatic hydroxyl groups is 1. The number of nitrogens with one attached hydrogen (secondary N) is 1. The molecule has 0 saturated carbocycles. The third-order valence-corrected chi connectivity index (χ3v) is 3.41. The first-order chi connectivity index (χ1) is 8.54. The zero-order valence-electron chi connectivity index (χ0n) is 11.7. The molecule has 2 N–H and O–H groups in total. The number of hydrazine groups is 1. The number of nitrogens with zero attached hydrogens (tertiary/aromatic N) is 1. The van der Waals surface area contributed by atoms with Crippen LogP contribution in [0.15, 0.2) is 0 Å². The molecule has 0 amide bonds. The fourth-order valence-corrected chi connectivity index (χ4v) is 2.43. The average molecular weight is 258 g/mol. The number of esters is 1. The van der Waals surface area contributed by atoms with Crippen LogP contribution in [-0.4, -0.2) is 47.4 Å². The Kier molecular flexibility index (Phi) is 6.60. The van der Waals surface area contributed by atoms with Gasteiger partial charge in [-0.2, -0.15) is 0 Å². The Morgan fingerprint density at radius 2 is 2.06 bits per heavy atom. The number of ether oxygens (including phenoxy) is 1. The van der Waals surface area contributed by atoms with Crippen molar-refractivity contribution >= 4 is 5.97 Å².